The van der Waals surface area contributed by atoms with Crippen LogP contribution in [0.15, 0.2) is 36.5 Å². The predicted octanol–water partition coefficient (Wildman–Crippen LogP) is 2.73. The quantitative estimate of drug-likeness (QED) is 0.552. The summed E-state index contributed by atoms with van der Waals surface area (Å²) in [4.78, 5) is 34.8. The van der Waals surface area contributed by atoms with Crippen molar-refractivity contribution in [1.82, 2.24) is 14.8 Å². The maximum atomic E-state index is 12.8. The van der Waals surface area contributed by atoms with Gasteiger partial charge < -0.3 is 9.80 Å². The van der Waals surface area contributed by atoms with Crippen LogP contribution in [0.2, 0.25) is 0 Å². The lowest BCUT2D eigenvalue weighted by Crippen LogP contribution is -2.50. The number of nitro groups is 1. The summed E-state index contributed by atoms with van der Waals surface area (Å²) in [6, 6.07) is 9.00. The minimum Gasteiger partial charge on any atom is -0.354 e. The van der Waals surface area contributed by atoms with Gasteiger partial charge in [0.25, 0.3) is 5.91 Å². The number of anilines is 1. The summed E-state index contributed by atoms with van der Waals surface area (Å²) in [6.07, 6.45) is 3.93. The number of piperidine rings is 1. The lowest BCUT2D eigenvalue weighted by molar-refractivity contribution is -0.380. The fraction of sp³-hybridized carbons (Fsp3) is 0.500. The standard InChI is InChI=1S/C20H25N5O3S/c26-20(17-6-7-19(29-17)25(27)28)24-9-3-4-16(15-24)14-22-10-12-23(13-11-22)18-5-1-2-8-21-18/h1-2,5-8,16H,3-4,9-15H2. The van der Waals surface area contributed by atoms with Gasteiger partial charge >= 0.3 is 5.00 Å². The molecule has 2 aliphatic heterocycles. The molecule has 1 amide bonds. The van der Waals surface area contributed by atoms with Gasteiger partial charge in [-0.15, -0.1) is 0 Å². The Morgan fingerprint density at radius 2 is 2.00 bits per heavy atom. The number of hydrogen-bond acceptors (Lipinski definition) is 7. The van der Waals surface area contributed by atoms with Crippen molar-refractivity contribution >= 4 is 28.1 Å². The number of thiophene rings is 1. The summed E-state index contributed by atoms with van der Waals surface area (Å²) in [5, 5.41) is 10.9. The highest BCUT2D eigenvalue weighted by atomic mass is 32.1. The molecular weight excluding hydrogens is 390 g/mol. The second-order valence-corrected chi connectivity index (χ2v) is 8.69. The van der Waals surface area contributed by atoms with Gasteiger partial charge in [-0.2, -0.15) is 0 Å². The van der Waals surface area contributed by atoms with Gasteiger partial charge in [-0.3, -0.25) is 19.8 Å². The van der Waals surface area contributed by atoms with Crippen LogP contribution in [0.3, 0.4) is 0 Å². The monoisotopic (exact) mass is 415 g/mol. The van der Waals surface area contributed by atoms with Gasteiger partial charge in [0.15, 0.2) is 0 Å². The number of nitrogens with zero attached hydrogens (tertiary/aromatic N) is 5. The summed E-state index contributed by atoms with van der Waals surface area (Å²) >= 11 is 0.966. The molecule has 0 aromatic carbocycles. The molecule has 4 rings (SSSR count). The molecule has 29 heavy (non-hydrogen) atoms. The zero-order valence-electron chi connectivity index (χ0n) is 16.3. The molecule has 0 aliphatic carbocycles. The molecule has 0 bridgehead atoms. The molecule has 0 radical (unpaired) electrons. The zero-order chi connectivity index (χ0) is 20.2. The molecule has 2 aromatic heterocycles. The molecule has 2 fully saturated rings. The van der Waals surface area contributed by atoms with E-state index < -0.39 is 4.92 Å². The third-order valence-corrected chi connectivity index (χ3v) is 6.68. The van der Waals surface area contributed by atoms with Gasteiger partial charge in [0.2, 0.25) is 0 Å². The van der Waals surface area contributed by atoms with Gasteiger partial charge in [-0.25, -0.2) is 4.98 Å². The number of carbonyl (C=O) groups is 1. The molecule has 2 aliphatic rings. The van der Waals surface area contributed by atoms with E-state index in [0.29, 0.717) is 10.8 Å². The van der Waals surface area contributed by atoms with Crippen LogP contribution in [0, 0.1) is 16.0 Å². The average molecular weight is 416 g/mol. The molecule has 2 aromatic rings. The lowest BCUT2D eigenvalue weighted by atomic mass is 9.97. The Morgan fingerprint density at radius 3 is 2.69 bits per heavy atom. The highest BCUT2D eigenvalue weighted by Gasteiger charge is 2.28. The van der Waals surface area contributed by atoms with E-state index in [-0.39, 0.29) is 10.9 Å². The summed E-state index contributed by atoms with van der Waals surface area (Å²) in [6.45, 7) is 6.37. The third-order valence-electron chi connectivity index (χ3n) is 5.65. The topological polar surface area (TPSA) is 82.8 Å². The Kier molecular flexibility index (Phi) is 6.05. The highest BCUT2D eigenvalue weighted by Crippen LogP contribution is 2.27. The van der Waals surface area contributed by atoms with Crippen molar-refractivity contribution < 1.29 is 9.72 Å². The normalized spacial score (nSPS) is 20.6. The van der Waals surface area contributed by atoms with Crippen LogP contribution in [0.5, 0.6) is 0 Å². The Balaban J connectivity index is 1.29. The number of pyridine rings is 1. The molecule has 1 atom stereocenters. The van der Waals surface area contributed by atoms with Gasteiger partial charge in [0.05, 0.1) is 9.80 Å². The number of piperazine rings is 1. The lowest BCUT2D eigenvalue weighted by Gasteiger charge is -2.39. The van der Waals surface area contributed by atoms with Crippen molar-refractivity contribution in [3.63, 3.8) is 0 Å². The van der Waals surface area contributed by atoms with E-state index >= 15 is 0 Å². The first-order valence-electron chi connectivity index (χ1n) is 10.0. The van der Waals surface area contributed by atoms with E-state index in [0.717, 1.165) is 75.8 Å². The first-order chi connectivity index (χ1) is 14.1. The smallest absolute Gasteiger partial charge is 0.324 e. The van der Waals surface area contributed by atoms with Gasteiger partial charge in [0, 0.05) is 58.1 Å². The Labute approximate surface area is 173 Å². The van der Waals surface area contributed by atoms with E-state index in [1.54, 1.807) is 6.07 Å². The SMILES string of the molecule is O=C(c1ccc([N+](=O)[O-])s1)N1CCCC(CN2CCN(c3ccccn3)CC2)C1. The van der Waals surface area contributed by atoms with Crippen molar-refractivity contribution in [2.75, 3.05) is 50.7 Å². The van der Waals surface area contributed by atoms with Crippen LogP contribution in [0.25, 0.3) is 0 Å². The fourth-order valence-corrected chi connectivity index (χ4v) is 4.95. The molecular formula is C20H25N5O3S. The molecule has 8 nitrogen and oxygen atoms in total. The minimum atomic E-state index is -0.439. The second-order valence-electron chi connectivity index (χ2n) is 7.63. The predicted molar refractivity (Wildman–Crippen MR) is 112 cm³/mol. The summed E-state index contributed by atoms with van der Waals surface area (Å²) in [5.41, 5.74) is 0. The van der Waals surface area contributed by atoms with Gasteiger partial charge in [-0.1, -0.05) is 17.4 Å². The average Bonchev–Trinajstić information content (AvgIpc) is 3.25. The van der Waals surface area contributed by atoms with E-state index in [4.69, 9.17) is 0 Å². The second kappa shape index (κ2) is 8.87. The van der Waals surface area contributed by atoms with Crippen LogP contribution in [0.4, 0.5) is 10.8 Å². The Morgan fingerprint density at radius 1 is 1.17 bits per heavy atom. The van der Waals surface area contributed by atoms with Crippen molar-refractivity contribution in [3.8, 4) is 0 Å². The Bertz CT molecular complexity index is 851. The molecule has 0 spiro atoms. The van der Waals surface area contributed by atoms with Crippen LogP contribution in [0.1, 0.15) is 22.5 Å². The maximum absolute atomic E-state index is 12.8. The molecule has 4 heterocycles. The first kappa shape index (κ1) is 19.8. The van der Waals surface area contributed by atoms with E-state index in [1.165, 1.54) is 6.07 Å². The van der Waals surface area contributed by atoms with Crippen molar-refractivity contribution in [2.45, 2.75) is 12.8 Å². The van der Waals surface area contributed by atoms with Crippen molar-refractivity contribution in [3.05, 3.63) is 51.5 Å². The third kappa shape index (κ3) is 4.73. The van der Waals surface area contributed by atoms with Crippen LogP contribution >= 0.6 is 11.3 Å². The van der Waals surface area contributed by atoms with Crippen LogP contribution in [-0.2, 0) is 0 Å². The highest BCUT2D eigenvalue weighted by molar-refractivity contribution is 7.17. The molecule has 0 N–H and O–H groups in total. The summed E-state index contributed by atoms with van der Waals surface area (Å²) < 4.78 is 0. The Hall–Kier alpha value is -2.52. The van der Waals surface area contributed by atoms with E-state index in [9.17, 15) is 14.9 Å². The van der Waals surface area contributed by atoms with Crippen molar-refractivity contribution in [1.29, 1.82) is 0 Å². The molecule has 154 valence electrons. The maximum Gasteiger partial charge on any atom is 0.324 e. The number of amides is 1. The minimum absolute atomic E-state index is 0.0210. The zero-order valence-corrected chi connectivity index (χ0v) is 17.1. The van der Waals surface area contributed by atoms with E-state index in [2.05, 4.69) is 20.9 Å². The number of likely N-dealkylation sites (tertiary alicyclic amines) is 1. The van der Waals surface area contributed by atoms with Crippen molar-refractivity contribution in [2.24, 2.45) is 5.92 Å². The van der Waals surface area contributed by atoms with Gasteiger partial charge in [-0.05, 0) is 37.0 Å². The van der Waals surface area contributed by atoms with Crippen LogP contribution in [-0.4, -0.2) is 71.4 Å². The molecule has 1 unspecified atom stereocenters. The molecule has 2 saturated heterocycles. The fourth-order valence-electron chi connectivity index (χ4n) is 4.16. The number of aromatic nitrogens is 1. The number of rotatable bonds is 5. The van der Waals surface area contributed by atoms with Gasteiger partial charge in [0.1, 0.15) is 5.82 Å². The van der Waals surface area contributed by atoms with Crippen LogP contribution < -0.4 is 4.90 Å². The summed E-state index contributed by atoms with van der Waals surface area (Å²) in [7, 11) is 0. The number of hydrogen-bond donors (Lipinski definition) is 0. The summed E-state index contributed by atoms with van der Waals surface area (Å²) in [5.74, 6) is 1.41. The largest absolute Gasteiger partial charge is 0.354 e. The molecule has 9 heteroatoms. The molecule has 0 saturated carbocycles. The van der Waals surface area contributed by atoms with E-state index in [1.807, 2.05) is 23.2 Å². The number of carbonyl (C=O) groups excluding carboxylic acids is 1. The first-order valence-corrected chi connectivity index (χ1v) is 10.8.